The Hall–Kier alpha value is -0.340. The highest BCUT2D eigenvalue weighted by Gasteiger charge is 2.27. The van der Waals surface area contributed by atoms with Crippen LogP contribution in [0.5, 0.6) is 0 Å². The molecule has 0 aliphatic heterocycles. The molecule has 0 bridgehead atoms. The van der Waals surface area contributed by atoms with E-state index in [1.165, 1.54) is 25.7 Å². The first-order chi connectivity index (χ1) is 6.66. The van der Waals surface area contributed by atoms with Crippen molar-refractivity contribution in [3.63, 3.8) is 0 Å². The summed E-state index contributed by atoms with van der Waals surface area (Å²) in [5.74, 6) is 0. The number of hydrogen-bond donors (Lipinski definition) is 2. The molecule has 2 N–H and O–H groups in total. The summed E-state index contributed by atoms with van der Waals surface area (Å²) in [4.78, 5) is 0. The molecule has 2 heteroatoms. The number of nitrogens with one attached hydrogen (secondary N) is 1. The Labute approximate surface area is 87.4 Å². The predicted molar refractivity (Wildman–Crippen MR) is 60.3 cm³/mol. The summed E-state index contributed by atoms with van der Waals surface area (Å²) in [6.07, 6.45) is 8.66. The van der Waals surface area contributed by atoms with Crippen molar-refractivity contribution >= 4 is 0 Å². The van der Waals surface area contributed by atoms with Crippen LogP contribution in [0.2, 0.25) is 0 Å². The highest BCUT2D eigenvalue weighted by Crippen LogP contribution is 2.26. The van der Waals surface area contributed by atoms with Gasteiger partial charge in [0.25, 0.3) is 0 Å². The van der Waals surface area contributed by atoms with Gasteiger partial charge in [-0.15, -0.1) is 6.58 Å². The van der Waals surface area contributed by atoms with Crippen LogP contribution in [0.15, 0.2) is 12.7 Å². The Morgan fingerprint density at radius 1 is 1.36 bits per heavy atom. The Morgan fingerprint density at radius 3 is 2.43 bits per heavy atom. The lowest BCUT2D eigenvalue weighted by molar-refractivity contribution is 0.0243. The fourth-order valence-corrected chi connectivity index (χ4v) is 2.00. The van der Waals surface area contributed by atoms with E-state index in [0.717, 1.165) is 12.8 Å². The van der Waals surface area contributed by atoms with Gasteiger partial charge >= 0.3 is 0 Å². The van der Waals surface area contributed by atoms with Crippen LogP contribution in [-0.2, 0) is 0 Å². The predicted octanol–water partition coefficient (Wildman–Crippen LogP) is 2.24. The maximum Gasteiger partial charge on any atom is 0.0771 e. The molecule has 1 unspecified atom stereocenters. The lowest BCUT2D eigenvalue weighted by atomic mass is 9.94. The van der Waals surface area contributed by atoms with E-state index in [9.17, 15) is 5.11 Å². The summed E-state index contributed by atoms with van der Waals surface area (Å²) >= 11 is 0. The SMILES string of the molecule is C=CC(C)NCC1(O)CCCCCC1. The first-order valence-corrected chi connectivity index (χ1v) is 5.75. The summed E-state index contributed by atoms with van der Waals surface area (Å²) in [6, 6.07) is 0.294. The van der Waals surface area contributed by atoms with E-state index in [0.29, 0.717) is 12.6 Å². The van der Waals surface area contributed by atoms with E-state index >= 15 is 0 Å². The van der Waals surface area contributed by atoms with Gasteiger partial charge in [0.1, 0.15) is 0 Å². The molecule has 1 saturated carbocycles. The van der Waals surface area contributed by atoms with E-state index in [4.69, 9.17) is 0 Å². The van der Waals surface area contributed by atoms with Crippen LogP contribution in [0.1, 0.15) is 45.4 Å². The molecule has 0 radical (unpaired) electrons. The van der Waals surface area contributed by atoms with Gasteiger partial charge in [-0.3, -0.25) is 0 Å². The van der Waals surface area contributed by atoms with Crippen LogP contribution in [0.3, 0.4) is 0 Å². The molecule has 1 aliphatic carbocycles. The van der Waals surface area contributed by atoms with Crippen molar-refractivity contribution in [1.82, 2.24) is 5.32 Å². The van der Waals surface area contributed by atoms with Crippen LogP contribution < -0.4 is 5.32 Å². The van der Waals surface area contributed by atoms with Crippen LogP contribution in [0, 0.1) is 0 Å². The van der Waals surface area contributed by atoms with Gasteiger partial charge in [0, 0.05) is 12.6 Å². The first-order valence-electron chi connectivity index (χ1n) is 5.75. The molecule has 0 heterocycles. The molecule has 1 aliphatic rings. The van der Waals surface area contributed by atoms with Crippen molar-refractivity contribution in [3.05, 3.63) is 12.7 Å². The smallest absolute Gasteiger partial charge is 0.0771 e. The number of rotatable bonds is 4. The molecule has 82 valence electrons. The van der Waals surface area contributed by atoms with Gasteiger partial charge < -0.3 is 10.4 Å². The standard InChI is InChI=1S/C12H23NO/c1-3-11(2)13-10-12(14)8-6-4-5-7-9-12/h3,11,13-14H,1,4-10H2,2H3. The van der Waals surface area contributed by atoms with E-state index in [1.807, 2.05) is 6.08 Å². The average Bonchev–Trinajstić information content (AvgIpc) is 2.40. The van der Waals surface area contributed by atoms with Crippen LogP contribution >= 0.6 is 0 Å². The zero-order valence-electron chi connectivity index (χ0n) is 9.26. The van der Waals surface area contributed by atoms with Gasteiger partial charge in [0.2, 0.25) is 0 Å². The summed E-state index contributed by atoms with van der Waals surface area (Å²) in [6.45, 7) is 6.49. The third kappa shape index (κ3) is 3.81. The molecule has 14 heavy (non-hydrogen) atoms. The number of aliphatic hydroxyl groups is 1. The second kappa shape index (κ2) is 5.52. The molecule has 2 nitrogen and oxygen atoms in total. The second-order valence-corrected chi connectivity index (χ2v) is 4.54. The van der Waals surface area contributed by atoms with E-state index in [2.05, 4.69) is 18.8 Å². The monoisotopic (exact) mass is 197 g/mol. The van der Waals surface area contributed by atoms with Gasteiger partial charge in [-0.2, -0.15) is 0 Å². The first kappa shape index (κ1) is 11.7. The Kier molecular flexibility index (Phi) is 4.63. The highest BCUT2D eigenvalue weighted by molar-refractivity contribution is 4.88. The van der Waals surface area contributed by atoms with Gasteiger partial charge in [0.15, 0.2) is 0 Å². The summed E-state index contributed by atoms with van der Waals surface area (Å²) in [7, 11) is 0. The maximum atomic E-state index is 10.3. The molecule has 0 aromatic rings. The molecule has 0 saturated heterocycles. The minimum atomic E-state index is -0.465. The van der Waals surface area contributed by atoms with Crippen molar-refractivity contribution in [2.24, 2.45) is 0 Å². The van der Waals surface area contributed by atoms with Crippen molar-refractivity contribution in [2.45, 2.75) is 57.1 Å². The molecule has 1 rings (SSSR count). The van der Waals surface area contributed by atoms with Crippen LogP contribution in [0.4, 0.5) is 0 Å². The van der Waals surface area contributed by atoms with Crippen LogP contribution in [-0.4, -0.2) is 23.3 Å². The molecule has 1 fully saturated rings. The summed E-state index contributed by atoms with van der Waals surface area (Å²) in [5.41, 5.74) is -0.465. The molecule has 0 aromatic carbocycles. The van der Waals surface area contributed by atoms with Crippen molar-refractivity contribution < 1.29 is 5.11 Å². The zero-order chi connectivity index (χ0) is 10.4. The third-order valence-corrected chi connectivity index (χ3v) is 3.14. The lowest BCUT2D eigenvalue weighted by Crippen LogP contribution is -2.42. The zero-order valence-corrected chi connectivity index (χ0v) is 9.26. The normalized spacial score (nSPS) is 23.9. The Balaban J connectivity index is 2.34. The minimum Gasteiger partial charge on any atom is -0.389 e. The lowest BCUT2D eigenvalue weighted by Gasteiger charge is -2.28. The van der Waals surface area contributed by atoms with E-state index in [1.54, 1.807) is 0 Å². The van der Waals surface area contributed by atoms with Gasteiger partial charge in [-0.1, -0.05) is 31.8 Å². The molecule has 0 aromatic heterocycles. The fourth-order valence-electron chi connectivity index (χ4n) is 2.00. The average molecular weight is 197 g/mol. The minimum absolute atomic E-state index is 0.294. The summed E-state index contributed by atoms with van der Waals surface area (Å²) in [5, 5.41) is 13.6. The van der Waals surface area contributed by atoms with Crippen molar-refractivity contribution in [2.75, 3.05) is 6.54 Å². The quantitative estimate of drug-likeness (QED) is 0.535. The van der Waals surface area contributed by atoms with Crippen LogP contribution in [0.25, 0.3) is 0 Å². The molecular weight excluding hydrogens is 174 g/mol. The van der Waals surface area contributed by atoms with Gasteiger partial charge in [-0.05, 0) is 19.8 Å². The van der Waals surface area contributed by atoms with Crippen molar-refractivity contribution in [3.8, 4) is 0 Å². The fraction of sp³-hybridized carbons (Fsp3) is 0.833. The topological polar surface area (TPSA) is 32.3 Å². The summed E-state index contributed by atoms with van der Waals surface area (Å²) < 4.78 is 0. The Bertz CT molecular complexity index is 171. The largest absolute Gasteiger partial charge is 0.389 e. The van der Waals surface area contributed by atoms with Gasteiger partial charge in [0.05, 0.1) is 5.60 Å². The third-order valence-electron chi connectivity index (χ3n) is 3.14. The van der Waals surface area contributed by atoms with Gasteiger partial charge in [-0.25, -0.2) is 0 Å². The van der Waals surface area contributed by atoms with E-state index in [-0.39, 0.29) is 0 Å². The second-order valence-electron chi connectivity index (χ2n) is 4.54. The van der Waals surface area contributed by atoms with E-state index < -0.39 is 5.60 Å². The molecule has 0 spiro atoms. The molecule has 1 atom stereocenters. The molecular formula is C12H23NO. The molecule has 0 amide bonds. The Morgan fingerprint density at radius 2 is 1.93 bits per heavy atom. The maximum absolute atomic E-state index is 10.3. The number of hydrogen-bond acceptors (Lipinski definition) is 2. The highest BCUT2D eigenvalue weighted by atomic mass is 16.3. The van der Waals surface area contributed by atoms with Crippen molar-refractivity contribution in [1.29, 1.82) is 0 Å².